The predicted molar refractivity (Wildman–Crippen MR) is 103 cm³/mol. The smallest absolute Gasteiger partial charge is 0.266 e. The summed E-state index contributed by atoms with van der Waals surface area (Å²) in [5, 5.41) is 4.74. The molecule has 0 radical (unpaired) electrons. The average Bonchev–Trinajstić information content (AvgIpc) is 2.69. The van der Waals surface area contributed by atoms with Crippen molar-refractivity contribution in [1.82, 2.24) is 19.6 Å². The third kappa shape index (κ3) is 3.44. The van der Waals surface area contributed by atoms with E-state index in [-0.39, 0.29) is 29.3 Å². The first-order valence-electron chi connectivity index (χ1n) is 10.5. The largest absolute Gasteiger partial charge is 0.416 e. The number of hydrogen-bond donors (Lipinski definition) is 1. The standard InChI is InChI=1S/C20H29N5O2/c1-13(2)17-21-16-18(25(23-17)15-11-7-4-8-12-15)22-20(27)24(19(16)26)14-9-5-3-6-10-14/h13-15H,3-12H2,1-2H3/p+1. The quantitative estimate of drug-likeness (QED) is 0.840. The zero-order valence-electron chi connectivity index (χ0n) is 16.4. The highest BCUT2D eigenvalue weighted by Crippen LogP contribution is 2.27. The molecule has 2 saturated carbocycles. The second-order valence-electron chi connectivity index (χ2n) is 8.46. The van der Waals surface area contributed by atoms with E-state index >= 15 is 0 Å². The second-order valence-corrected chi connectivity index (χ2v) is 8.46. The molecule has 0 atom stereocenters. The van der Waals surface area contributed by atoms with Gasteiger partial charge < -0.3 is 0 Å². The molecule has 7 nitrogen and oxygen atoms in total. The molecule has 1 N–H and O–H groups in total. The van der Waals surface area contributed by atoms with E-state index in [1.807, 2.05) is 18.5 Å². The number of aromatic amines is 1. The van der Waals surface area contributed by atoms with E-state index in [2.05, 4.69) is 9.97 Å². The molecule has 0 amide bonds. The van der Waals surface area contributed by atoms with Gasteiger partial charge in [-0.3, -0.25) is 4.79 Å². The van der Waals surface area contributed by atoms with E-state index in [0.29, 0.717) is 17.0 Å². The van der Waals surface area contributed by atoms with Crippen LogP contribution in [0.5, 0.6) is 0 Å². The van der Waals surface area contributed by atoms with Gasteiger partial charge in [0.1, 0.15) is 6.04 Å². The zero-order chi connectivity index (χ0) is 19.0. The van der Waals surface area contributed by atoms with Crippen molar-refractivity contribution in [2.45, 2.75) is 96.1 Å². The van der Waals surface area contributed by atoms with E-state index in [1.165, 1.54) is 17.4 Å². The highest BCUT2D eigenvalue weighted by Gasteiger charge is 2.30. The van der Waals surface area contributed by atoms with Crippen molar-refractivity contribution in [3.8, 4) is 0 Å². The molecular weight excluding hydrogens is 342 g/mol. The van der Waals surface area contributed by atoms with E-state index in [0.717, 1.165) is 51.4 Å². The van der Waals surface area contributed by atoms with Gasteiger partial charge in [0.05, 0.1) is 0 Å². The maximum atomic E-state index is 13.3. The van der Waals surface area contributed by atoms with E-state index < -0.39 is 0 Å². The Morgan fingerprint density at radius 3 is 2.26 bits per heavy atom. The summed E-state index contributed by atoms with van der Waals surface area (Å²) >= 11 is 0. The minimum Gasteiger partial charge on any atom is -0.266 e. The Morgan fingerprint density at radius 2 is 1.63 bits per heavy atom. The Hall–Kier alpha value is -2.05. The first-order valence-corrected chi connectivity index (χ1v) is 10.5. The van der Waals surface area contributed by atoms with Gasteiger partial charge in [-0.2, -0.15) is 4.98 Å². The molecule has 27 heavy (non-hydrogen) atoms. The molecule has 4 rings (SSSR count). The predicted octanol–water partition coefficient (Wildman–Crippen LogP) is 2.90. The molecule has 0 spiro atoms. The van der Waals surface area contributed by atoms with Gasteiger partial charge in [-0.1, -0.05) is 44.6 Å². The number of nitrogens with zero attached hydrogens (tertiary/aromatic N) is 4. The van der Waals surface area contributed by atoms with Gasteiger partial charge in [-0.25, -0.2) is 14.3 Å². The number of aromatic nitrogens is 5. The topological polar surface area (TPSA) is 84.5 Å². The van der Waals surface area contributed by atoms with Crippen LogP contribution in [0.3, 0.4) is 0 Å². The van der Waals surface area contributed by atoms with Crippen LogP contribution in [0.15, 0.2) is 9.59 Å². The molecule has 0 aliphatic heterocycles. The maximum absolute atomic E-state index is 13.3. The molecule has 0 aromatic carbocycles. The van der Waals surface area contributed by atoms with Crippen LogP contribution in [-0.2, 0) is 0 Å². The van der Waals surface area contributed by atoms with Gasteiger partial charge in [0.25, 0.3) is 5.56 Å². The normalized spacial score (nSPS) is 19.8. The Bertz CT molecular complexity index is 934. The maximum Gasteiger partial charge on any atom is 0.416 e. The molecule has 0 saturated heterocycles. The van der Waals surface area contributed by atoms with Crippen molar-refractivity contribution in [1.29, 1.82) is 0 Å². The Morgan fingerprint density at radius 1 is 1.00 bits per heavy atom. The Balaban J connectivity index is 1.93. The van der Waals surface area contributed by atoms with Gasteiger partial charge in [0.2, 0.25) is 5.52 Å². The molecule has 2 fully saturated rings. The lowest BCUT2D eigenvalue weighted by atomic mass is 9.95. The highest BCUT2D eigenvalue weighted by atomic mass is 16.2. The van der Waals surface area contributed by atoms with Crippen molar-refractivity contribution in [3.05, 3.63) is 26.7 Å². The van der Waals surface area contributed by atoms with Crippen molar-refractivity contribution < 1.29 is 4.68 Å². The zero-order valence-corrected chi connectivity index (χ0v) is 16.4. The summed E-state index contributed by atoms with van der Waals surface area (Å²) in [7, 11) is 0. The fourth-order valence-corrected chi connectivity index (χ4v) is 4.60. The molecule has 146 valence electrons. The fraction of sp³-hybridized carbons (Fsp3) is 0.750. The van der Waals surface area contributed by atoms with Gasteiger partial charge in [0, 0.05) is 12.0 Å². The molecule has 2 aromatic rings. The summed E-state index contributed by atoms with van der Waals surface area (Å²) in [4.78, 5) is 33.7. The van der Waals surface area contributed by atoms with Crippen molar-refractivity contribution in [3.63, 3.8) is 0 Å². The second kappa shape index (κ2) is 7.52. The van der Waals surface area contributed by atoms with Crippen molar-refractivity contribution >= 4 is 11.2 Å². The van der Waals surface area contributed by atoms with E-state index in [4.69, 9.17) is 5.10 Å². The summed E-state index contributed by atoms with van der Waals surface area (Å²) in [6.45, 7) is 4.08. The van der Waals surface area contributed by atoms with Crippen LogP contribution < -0.4 is 15.9 Å². The number of H-pyrrole nitrogens is 1. The van der Waals surface area contributed by atoms with Crippen LogP contribution in [0.25, 0.3) is 11.2 Å². The molecular formula is C20H30N5O2+. The number of nitrogens with one attached hydrogen (secondary N) is 1. The number of hydrogen-bond acceptors (Lipinski definition) is 4. The summed E-state index contributed by atoms with van der Waals surface area (Å²) in [5.41, 5.74) is 0.289. The first kappa shape index (κ1) is 18.3. The summed E-state index contributed by atoms with van der Waals surface area (Å²) in [6, 6.07) is 0.210. The van der Waals surface area contributed by atoms with Crippen LogP contribution in [-0.4, -0.2) is 19.6 Å². The minimum absolute atomic E-state index is 0.0139. The SMILES string of the molecule is CC(C)c1nc2c(=O)n(C3CCCCC3)c(=O)[nH]c2[n+](C2CCCCC2)n1. The number of rotatable bonds is 3. The fourth-order valence-electron chi connectivity index (χ4n) is 4.60. The molecule has 2 heterocycles. The molecule has 2 aliphatic rings. The lowest BCUT2D eigenvalue weighted by Crippen LogP contribution is -2.50. The van der Waals surface area contributed by atoms with Gasteiger partial charge in [-0.15, -0.1) is 4.68 Å². The van der Waals surface area contributed by atoms with Crippen LogP contribution in [0.2, 0.25) is 0 Å². The molecule has 0 bridgehead atoms. The minimum atomic E-state index is -0.315. The Kier molecular flexibility index (Phi) is 5.10. The van der Waals surface area contributed by atoms with Crippen LogP contribution in [0, 0.1) is 0 Å². The summed E-state index contributed by atoms with van der Waals surface area (Å²) in [5.74, 6) is 0.797. The number of fused-ring (bicyclic) bond motifs is 1. The lowest BCUT2D eigenvalue weighted by molar-refractivity contribution is -0.759. The highest BCUT2D eigenvalue weighted by molar-refractivity contribution is 5.64. The monoisotopic (exact) mass is 372 g/mol. The van der Waals surface area contributed by atoms with Gasteiger partial charge >= 0.3 is 11.3 Å². The van der Waals surface area contributed by atoms with Crippen molar-refractivity contribution in [2.75, 3.05) is 0 Å². The molecule has 0 unspecified atom stereocenters. The van der Waals surface area contributed by atoms with Gasteiger partial charge in [-0.05, 0) is 38.5 Å². The Labute approximate surface area is 158 Å². The summed E-state index contributed by atoms with van der Waals surface area (Å²) < 4.78 is 3.31. The summed E-state index contributed by atoms with van der Waals surface area (Å²) in [6.07, 6.45) is 10.7. The third-order valence-corrected chi connectivity index (χ3v) is 6.13. The van der Waals surface area contributed by atoms with Crippen LogP contribution in [0.4, 0.5) is 0 Å². The molecule has 7 heteroatoms. The van der Waals surface area contributed by atoms with Gasteiger partial charge in [0.15, 0.2) is 5.82 Å². The third-order valence-electron chi connectivity index (χ3n) is 6.13. The molecule has 2 aliphatic carbocycles. The van der Waals surface area contributed by atoms with Crippen LogP contribution >= 0.6 is 0 Å². The molecule has 2 aromatic heterocycles. The van der Waals surface area contributed by atoms with E-state index in [9.17, 15) is 9.59 Å². The average molecular weight is 372 g/mol. The van der Waals surface area contributed by atoms with Crippen molar-refractivity contribution in [2.24, 2.45) is 0 Å². The van der Waals surface area contributed by atoms with Crippen LogP contribution in [0.1, 0.15) is 102 Å². The lowest BCUT2D eigenvalue weighted by Gasteiger charge is -2.23. The van der Waals surface area contributed by atoms with E-state index in [1.54, 1.807) is 0 Å². The first-order chi connectivity index (χ1) is 13.1.